The van der Waals surface area contributed by atoms with Gasteiger partial charge in [0.05, 0.1) is 17.0 Å². The van der Waals surface area contributed by atoms with Gasteiger partial charge in [0.25, 0.3) is 0 Å². The van der Waals surface area contributed by atoms with Gasteiger partial charge in [-0.2, -0.15) is 0 Å². The maximum absolute atomic E-state index is 12.5. The van der Waals surface area contributed by atoms with E-state index in [1.165, 1.54) is 6.21 Å². The average Bonchev–Trinajstić information content (AvgIpc) is 3.09. The van der Waals surface area contributed by atoms with Gasteiger partial charge >= 0.3 is 0 Å². The predicted molar refractivity (Wildman–Crippen MR) is 125 cm³/mol. The minimum absolute atomic E-state index is 0.00174. The van der Waals surface area contributed by atoms with Crippen LogP contribution in [0.15, 0.2) is 42.5 Å². The summed E-state index contributed by atoms with van der Waals surface area (Å²) in [6.45, 7) is 4.07. The number of alkyl halides is 1. The van der Waals surface area contributed by atoms with E-state index in [0.717, 1.165) is 34.1 Å². The lowest BCUT2D eigenvalue weighted by Gasteiger charge is -2.12. The third kappa shape index (κ3) is 5.07. The Labute approximate surface area is 182 Å². The van der Waals surface area contributed by atoms with E-state index in [4.69, 9.17) is 10.1 Å². The fourth-order valence-corrected chi connectivity index (χ4v) is 4.92. The molecule has 2 N–H and O–H groups in total. The van der Waals surface area contributed by atoms with Gasteiger partial charge in [-0.15, -0.1) is 0 Å². The molecule has 1 aromatic heterocycles. The molecular formula is C23H28FN3O3S. The van der Waals surface area contributed by atoms with Crippen LogP contribution in [0.2, 0.25) is 0 Å². The summed E-state index contributed by atoms with van der Waals surface area (Å²) in [6, 6.07) is 12.7. The Hall–Kier alpha value is -2.87. The van der Waals surface area contributed by atoms with Crippen molar-refractivity contribution in [1.82, 2.24) is 4.57 Å². The van der Waals surface area contributed by atoms with Crippen LogP contribution in [-0.2, 0) is 16.6 Å². The highest BCUT2D eigenvalue weighted by Gasteiger charge is 2.18. The standard InChI is InChI=1S/C23H28FN3O3S/c1-3-5-14-31(28,29)26-18-8-6-17(7-9-18)23-21(16-25)20-11-10-19(30-13-12-24)15-22(20)27(23)4-2/h6-11,15-16,25-26H,3-5,12-14H2,1-2H3. The van der Waals surface area contributed by atoms with Crippen LogP contribution in [0.4, 0.5) is 10.1 Å². The Kier molecular flexibility index (Phi) is 7.33. The van der Waals surface area contributed by atoms with Crippen molar-refractivity contribution < 1.29 is 17.5 Å². The first-order valence-corrected chi connectivity index (χ1v) is 12.1. The van der Waals surface area contributed by atoms with Gasteiger partial charge in [-0.05, 0) is 43.2 Å². The molecule has 0 bridgehead atoms. The highest BCUT2D eigenvalue weighted by Crippen LogP contribution is 2.35. The molecular weight excluding hydrogens is 417 g/mol. The quantitative estimate of drug-likeness (QED) is 0.397. The van der Waals surface area contributed by atoms with Crippen LogP contribution in [0.25, 0.3) is 22.2 Å². The van der Waals surface area contributed by atoms with Crippen LogP contribution in [0.1, 0.15) is 32.3 Å². The SMILES string of the molecule is CCCCS(=O)(=O)Nc1ccc(-c2c(C=N)c3ccc(OCCF)cc3n2CC)cc1. The molecule has 1 heterocycles. The van der Waals surface area contributed by atoms with Crippen LogP contribution in [0, 0.1) is 5.41 Å². The maximum Gasteiger partial charge on any atom is 0.232 e. The molecule has 0 unspecified atom stereocenters. The van der Waals surface area contributed by atoms with Crippen LogP contribution < -0.4 is 9.46 Å². The molecule has 0 aliphatic rings. The van der Waals surface area contributed by atoms with Crippen molar-refractivity contribution in [2.24, 2.45) is 0 Å². The van der Waals surface area contributed by atoms with E-state index in [2.05, 4.69) is 9.29 Å². The topological polar surface area (TPSA) is 84.2 Å². The molecule has 0 saturated heterocycles. The fraction of sp³-hybridized carbons (Fsp3) is 0.348. The van der Waals surface area contributed by atoms with Crippen molar-refractivity contribution >= 4 is 32.8 Å². The molecule has 0 fully saturated rings. The van der Waals surface area contributed by atoms with Crippen molar-refractivity contribution in [3.05, 3.63) is 48.0 Å². The van der Waals surface area contributed by atoms with Gasteiger partial charge in [-0.25, -0.2) is 12.8 Å². The van der Waals surface area contributed by atoms with Crippen LogP contribution in [-0.4, -0.2) is 38.2 Å². The van der Waals surface area contributed by atoms with Crippen molar-refractivity contribution in [1.29, 1.82) is 5.41 Å². The number of anilines is 1. The third-order valence-electron chi connectivity index (χ3n) is 5.08. The maximum atomic E-state index is 12.5. The number of fused-ring (bicyclic) bond motifs is 1. The lowest BCUT2D eigenvalue weighted by molar-refractivity contribution is 0.273. The molecule has 31 heavy (non-hydrogen) atoms. The Balaban J connectivity index is 2.00. The number of hydrogen-bond acceptors (Lipinski definition) is 4. The summed E-state index contributed by atoms with van der Waals surface area (Å²) in [4.78, 5) is 0. The molecule has 0 saturated carbocycles. The van der Waals surface area contributed by atoms with E-state index in [-0.39, 0.29) is 12.4 Å². The van der Waals surface area contributed by atoms with Gasteiger partial charge in [0.1, 0.15) is 19.0 Å². The van der Waals surface area contributed by atoms with Crippen molar-refractivity contribution in [3.8, 4) is 17.0 Å². The molecule has 0 spiro atoms. The minimum atomic E-state index is -3.36. The predicted octanol–water partition coefficient (Wildman–Crippen LogP) is 5.22. The summed E-state index contributed by atoms with van der Waals surface area (Å²) in [5, 5.41) is 8.89. The van der Waals surface area contributed by atoms with Crippen LogP contribution in [0.3, 0.4) is 0 Å². The summed E-state index contributed by atoms with van der Waals surface area (Å²) >= 11 is 0. The van der Waals surface area contributed by atoms with Crippen molar-refractivity contribution in [2.75, 3.05) is 23.8 Å². The number of aryl methyl sites for hydroxylation is 1. The Morgan fingerprint density at radius 3 is 2.52 bits per heavy atom. The molecule has 3 aromatic rings. The number of nitrogens with one attached hydrogen (secondary N) is 2. The average molecular weight is 446 g/mol. The van der Waals surface area contributed by atoms with Gasteiger partial charge in [-0.3, -0.25) is 4.72 Å². The first-order valence-electron chi connectivity index (χ1n) is 10.4. The van der Waals surface area contributed by atoms with Crippen LogP contribution in [0.5, 0.6) is 5.75 Å². The lowest BCUT2D eigenvalue weighted by atomic mass is 10.1. The molecule has 166 valence electrons. The summed E-state index contributed by atoms with van der Waals surface area (Å²) in [7, 11) is -3.36. The zero-order chi connectivity index (χ0) is 22.4. The largest absolute Gasteiger partial charge is 0.491 e. The number of aromatic nitrogens is 1. The van der Waals surface area contributed by atoms with E-state index in [0.29, 0.717) is 24.4 Å². The third-order valence-corrected chi connectivity index (χ3v) is 6.45. The number of rotatable bonds is 11. The van der Waals surface area contributed by atoms with E-state index in [1.54, 1.807) is 18.2 Å². The Morgan fingerprint density at radius 1 is 1.16 bits per heavy atom. The Morgan fingerprint density at radius 2 is 1.90 bits per heavy atom. The number of ether oxygens (including phenoxy) is 1. The van der Waals surface area contributed by atoms with Gasteiger partial charge < -0.3 is 14.7 Å². The molecule has 2 aromatic carbocycles. The van der Waals surface area contributed by atoms with Crippen molar-refractivity contribution in [3.63, 3.8) is 0 Å². The minimum Gasteiger partial charge on any atom is -0.491 e. The molecule has 8 heteroatoms. The number of nitrogens with zero attached hydrogens (tertiary/aromatic N) is 1. The highest BCUT2D eigenvalue weighted by molar-refractivity contribution is 7.92. The smallest absolute Gasteiger partial charge is 0.232 e. The Bertz CT molecular complexity index is 1160. The normalized spacial score (nSPS) is 11.6. The first kappa shape index (κ1) is 22.8. The number of hydrogen-bond donors (Lipinski definition) is 2. The number of halogens is 1. The zero-order valence-corrected chi connectivity index (χ0v) is 18.6. The number of benzene rings is 2. The summed E-state index contributed by atoms with van der Waals surface area (Å²) < 4.78 is 46.9. The fourth-order valence-electron chi connectivity index (χ4n) is 3.65. The monoisotopic (exact) mass is 445 g/mol. The molecule has 0 amide bonds. The van der Waals surface area contributed by atoms with Crippen LogP contribution >= 0.6 is 0 Å². The molecule has 0 radical (unpaired) electrons. The van der Waals surface area contributed by atoms with E-state index in [1.807, 2.05) is 38.1 Å². The molecule has 0 aliphatic heterocycles. The van der Waals surface area contributed by atoms with Gasteiger partial charge in [0, 0.05) is 35.5 Å². The summed E-state index contributed by atoms with van der Waals surface area (Å²) in [6.07, 6.45) is 2.76. The van der Waals surface area contributed by atoms with E-state index >= 15 is 0 Å². The molecule has 0 aliphatic carbocycles. The number of unbranched alkanes of at least 4 members (excludes halogenated alkanes) is 1. The lowest BCUT2D eigenvalue weighted by Crippen LogP contribution is -2.16. The highest BCUT2D eigenvalue weighted by atomic mass is 32.2. The van der Waals surface area contributed by atoms with Crippen molar-refractivity contribution in [2.45, 2.75) is 33.2 Å². The van der Waals surface area contributed by atoms with E-state index in [9.17, 15) is 12.8 Å². The summed E-state index contributed by atoms with van der Waals surface area (Å²) in [5.74, 6) is 0.678. The second-order valence-corrected chi connectivity index (χ2v) is 9.06. The second-order valence-electron chi connectivity index (χ2n) is 7.22. The van der Waals surface area contributed by atoms with E-state index < -0.39 is 16.7 Å². The van der Waals surface area contributed by atoms with Gasteiger partial charge in [0.2, 0.25) is 10.0 Å². The van der Waals surface area contributed by atoms with Gasteiger partial charge in [-0.1, -0.05) is 25.5 Å². The molecule has 6 nitrogen and oxygen atoms in total. The summed E-state index contributed by atoms with van der Waals surface area (Å²) in [5.41, 5.74) is 3.93. The zero-order valence-electron chi connectivity index (χ0n) is 17.8. The second kappa shape index (κ2) is 9.96. The molecule has 0 atom stereocenters. The molecule has 3 rings (SSSR count). The van der Waals surface area contributed by atoms with Gasteiger partial charge in [0.15, 0.2) is 0 Å². The number of sulfonamides is 1. The first-order chi connectivity index (χ1) is 14.9.